The lowest BCUT2D eigenvalue weighted by Crippen LogP contribution is -2.45. The Balaban J connectivity index is 3.48. The minimum absolute atomic E-state index is 0.0156. The van der Waals surface area contributed by atoms with Crippen LogP contribution in [0.25, 0.3) is 0 Å². The molecular formula is C63H119NO5. The van der Waals surface area contributed by atoms with E-state index < -0.39 is 12.1 Å². The van der Waals surface area contributed by atoms with E-state index in [1.54, 1.807) is 0 Å². The lowest BCUT2D eigenvalue weighted by molar-refractivity contribution is -0.143. The molecule has 0 aromatic rings. The van der Waals surface area contributed by atoms with Gasteiger partial charge in [-0.3, -0.25) is 9.59 Å². The molecule has 0 bridgehead atoms. The summed E-state index contributed by atoms with van der Waals surface area (Å²) in [5.74, 6) is -0.0654. The van der Waals surface area contributed by atoms with Gasteiger partial charge in [0.15, 0.2) is 0 Å². The maximum atomic E-state index is 12.5. The van der Waals surface area contributed by atoms with Crippen LogP contribution in [-0.2, 0) is 14.3 Å². The predicted molar refractivity (Wildman–Crippen MR) is 301 cm³/mol. The van der Waals surface area contributed by atoms with Crippen LogP contribution in [0.2, 0.25) is 0 Å². The van der Waals surface area contributed by atoms with Gasteiger partial charge in [0.05, 0.1) is 25.4 Å². The number of rotatable bonds is 57. The van der Waals surface area contributed by atoms with E-state index in [4.69, 9.17) is 4.74 Å². The van der Waals surface area contributed by atoms with Gasteiger partial charge < -0.3 is 20.3 Å². The zero-order chi connectivity index (χ0) is 50.0. The molecule has 2 unspecified atom stereocenters. The summed E-state index contributed by atoms with van der Waals surface area (Å²) >= 11 is 0. The fourth-order valence-corrected chi connectivity index (χ4v) is 9.43. The van der Waals surface area contributed by atoms with Crippen molar-refractivity contribution in [1.82, 2.24) is 5.32 Å². The molecule has 2 atom stereocenters. The SMILES string of the molecule is CCCCCCCC/C=C\CCCCCCCCCCCC(=O)OCCCCC/C=C\C/C=C\CCCCCCCCCC(=O)NC(CO)C(O)CCCCCCCCCCCCCCCCCC. The van der Waals surface area contributed by atoms with E-state index in [2.05, 4.69) is 55.6 Å². The van der Waals surface area contributed by atoms with Gasteiger partial charge in [0.1, 0.15) is 0 Å². The number of esters is 1. The average Bonchev–Trinajstić information content (AvgIpc) is 3.35. The quantitative estimate of drug-likeness (QED) is 0.0321. The van der Waals surface area contributed by atoms with Gasteiger partial charge in [-0.05, 0) is 89.9 Å². The Bertz CT molecular complexity index is 1120. The Hall–Kier alpha value is -1.92. The van der Waals surface area contributed by atoms with Crippen molar-refractivity contribution in [1.29, 1.82) is 0 Å². The van der Waals surface area contributed by atoms with Gasteiger partial charge in [-0.2, -0.15) is 0 Å². The van der Waals surface area contributed by atoms with E-state index in [1.165, 1.54) is 212 Å². The number of nitrogens with one attached hydrogen (secondary N) is 1. The summed E-state index contributed by atoms with van der Waals surface area (Å²) in [7, 11) is 0. The summed E-state index contributed by atoms with van der Waals surface area (Å²) in [4.78, 5) is 24.6. The van der Waals surface area contributed by atoms with E-state index in [-0.39, 0.29) is 18.5 Å². The third-order valence-corrected chi connectivity index (χ3v) is 14.2. The molecule has 0 aliphatic heterocycles. The van der Waals surface area contributed by atoms with E-state index in [1.807, 2.05) is 0 Å². The van der Waals surface area contributed by atoms with E-state index in [0.717, 1.165) is 83.5 Å². The van der Waals surface area contributed by atoms with E-state index in [9.17, 15) is 19.8 Å². The molecule has 0 aliphatic rings. The lowest BCUT2D eigenvalue weighted by Gasteiger charge is -2.22. The minimum Gasteiger partial charge on any atom is -0.466 e. The second kappa shape index (κ2) is 58.6. The zero-order valence-electron chi connectivity index (χ0n) is 46.3. The Morgan fingerprint density at radius 2 is 0.725 bits per heavy atom. The smallest absolute Gasteiger partial charge is 0.305 e. The molecule has 1 amide bonds. The molecule has 0 rings (SSSR count). The summed E-state index contributed by atoms with van der Waals surface area (Å²) in [6.07, 6.45) is 72.9. The van der Waals surface area contributed by atoms with Crippen LogP contribution in [-0.4, -0.2) is 47.4 Å². The summed E-state index contributed by atoms with van der Waals surface area (Å²) in [5, 5.41) is 23.3. The summed E-state index contributed by atoms with van der Waals surface area (Å²) < 4.78 is 5.47. The Morgan fingerprint density at radius 3 is 1.12 bits per heavy atom. The largest absolute Gasteiger partial charge is 0.466 e. The van der Waals surface area contributed by atoms with Gasteiger partial charge in [-0.15, -0.1) is 0 Å². The van der Waals surface area contributed by atoms with Gasteiger partial charge in [-0.25, -0.2) is 0 Å². The van der Waals surface area contributed by atoms with Crippen molar-refractivity contribution >= 4 is 11.9 Å². The van der Waals surface area contributed by atoms with Crippen LogP contribution in [0.4, 0.5) is 0 Å². The maximum Gasteiger partial charge on any atom is 0.305 e. The molecule has 406 valence electrons. The van der Waals surface area contributed by atoms with Crippen LogP contribution in [0.15, 0.2) is 36.5 Å². The number of amides is 1. The monoisotopic (exact) mass is 970 g/mol. The fraction of sp³-hybridized carbons (Fsp3) is 0.873. The van der Waals surface area contributed by atoms with Gasteiger partial charge in [-0.1, -0.05) is 262 Å². The topological polar surface area (TPSA) is 95.9 Å². The molecule has 0 heterocycles. The molecule has 0 saturated heterocycles. The standard InChI is InChI=1S/C63H119NO5/c1-3-5-7-9-11-13-15-17-19-21-22-25-29-33-37-41-45-49-53-57-63(68)69-58-54-50-46-42-38-34-30-26-23-24-28-32-36-40-44-48-52-56-62(67)64-60(59-65)61(66)55-51-47-43-39-35-31-27-20-18-16-14-12-10-8-6-4-2/h17,19,23,26,34,38,60-61,65-66H,3-16,18,20-22,24-25,27-33,35-37,39-59H2,1-2H3,(H,64,67)/b19-17-,26-23-,38-34-. The number of allylic oxidation sites excluding steroid dienone is 6. The van der Waals surface area contributed by atoms with E-state index >= 15 is 0 Å². The van der Waals surface area contributed by atoms with Crippen molar-refractivity contribution < 1.29 is 24.5 Å². The van der Waals surface area contributed by atoms with Crippen LogP contribution in [0.3, 0.4) is 0 Å². The number of hydrogen-bond donors (Lipinski definition) is 3. The molecule has 69 heavy (non-hydrogen) atoms. The third-order valence-electron chi connectivity index (χ3n) is 14.2. The highest BCUT2D eigenvalue weighted by Gasteiger charge is 2.20. The average molecular weight is 971 g/mol. The molecule has 0 aromatic heterocycles. The number of aliphatic hydroxyl groups excluding tert-OH is 2. The second-order valence-electron chi connectivity index (χ2n) is 21.0. The number of unbranched alkanes of at least 4 members (excludes halogenated alkanes) is 40. The fourth-order valence-electron chi connectivity index (χ4n) is 9.43. The van der Waals surface area contributed by atoms with Gasteiger partial charge >= 0.3 is 5.97 Å². The summed E-state index contributed by atoms with van der Waals surface area (Å²) in [6.45, 7) is 4.92. The number of hydrogen-bond acceptors (Lipinski definition) is 5. The first-order valence-electron chi connectivity index (χ1n) is 30.7. The van der Waals surface area contributed by atoms with Crippen molar-refractivity contribution in [3.05, 3.63) is 36.5 Å². The highest BCUT2D eigenvalue weighted by Crippen LogP contribution is 2.17. The normalized spacial score (nSPS) is 12.8. The molecule has 0 saturated carbocycles. The minimum atomic E-state index is -0.675. The van der Waals surface area contributed by atoms with Crippen molar-refractivity contribution in [2.75, 3.05) is 13.2 Å². The van der Waals surface area contributed by atoms with Gasteiger partial charge in [0, 0.05) is 12.8 Å². The van der Waals surface area contributed by atoms with Crippen molar-refractivity contribution in [2.45, 2.75) is 341 Å². The maximum absolute atomic E-state index is 12.5. The Kier molecular flexibility index (Phi) is 57.0. The number of carbonyl (C=O) groups is 2. The number of carbonyl (C=O) groups excluding carboxylic acids is 2. The number of aliphatic hydroxyl groups is 2. The molecule has 3 N–H and O–H groups in total. The first-order valence-corrected chi connectivity index (χ1v) is 30.7. The summed E-state index contributed by atoms with van der Waals surface area (Å²) in [5.41, 5.74) is 0. The van der Waals surface area contributed by atoms with Gasteiger partial charge in [0.2, 0.25) is 5.91 Å². The molecule has 0 aliphatic carbocycles. The third kappa shape index (κ3) is 55.2. The van der Waals surface area contributed by atoms with Gasteiger partial charge in [0.25, 0.3) is 0 Å². The van der Waals surface area contributed by atoms with Crippen LogP contribution in [0, 0.1) is 0 Å². The molecule has 0 aromatic carbocycles. The lowest BCUT2D eigenvalue weighted by atomic mass is 10.0. The summed E-state index contributed by atoms with van der Waals surface area (Å²) in [6, 6.07) is -0.554. The van der Waals surface area contributed by atoms with Crippen molar-refractivity contribution in [3.8, 4) is 0 Å². The number of ether oxygens (including phenoxy) is 1. The van der Waals surface area contributed by atoms with Crippen LogP contribution in [0.1, 0.15) is 328 Å². The molecular weight excluding hydrogens is 851 g/mol. The van der Waals surface area contributed by atoms with Crippen LogP contribution < -0.4 is 5.32 Å². The molecule has 0 spiro atoms. The van der Waals surface area contributed by atoms with E-state index in [0.29, 0.717) is 25.9 Å². The molecule has 0 radical (unpaired) electrons. The highest BCUT2D eigenvalue weighted by molar-refractivity contribution is 5.76. The van der Waals surface area contributed by atoms with Crippen LogP contribution >= 0.6 is 0 Å². The Labute approximate surface area is 430 Å². The molecule has 0 fully saturated rings. The van der Waals surface area contributed by atoms with Crippen LogP contribution in [0.5, 0.6) is 0 Å². The second-order valence-corrected chi connectivity index (χ2v) is 21.0. The molecule has 6 nitrogen and oxygen atoms in total. The molecule has 6 heteroatoms. The van der Waals surface area contributed by atoms with Crippen molar-refractivity contribution in [2.24, 2.45) is 0 Å². The van der Waals surface area contributed by atoms with Crippen molar-refractivity contribution in [3.63, 3.8) is 0 Å². The highest BCUT2D eigenvalue weighted by atomic mass is 16.5. The Morgan fingerprint density at radius 1 is 0.406 bits per heavy atom. The predicted octanol–water partition coefficient (Wildman–Crippen LogP) is 19.2. The first-order chi connectivity index (χ1) is 34.0. The zero-order valence-corrected chi connectivity index (χ0v) is 46.3. The first kappa shape index (κ1) is 67.1.